The Balaban J connectivity index is 2.90. The zero-order chi connectivity index (χ0) is 10.0. The van der Waals surface area contributed by atoms with Crippen LogP contribution >= 0.6 is 11.3 Å². The van der Waals surface area contributed by atoms with Crippen molar-refractivity contribution in [1.29, 1.82) is 0 Å². The summed E-state index contributed by atoms with van der Waals surface area (Å²) in [6.45, 7) is 7.91. The summed E-state index contributed by atoms with van der Waals surface area (Å²) in [6.07, 6.45) is 0.968. The number of Topliss-reactive ketones (excluding diaryl/α,β-unsaturated/α-hetero) is 1. The van der Waals surface area contributed by atoms with E-state index in [2.05, 4.69) is 18.8 Å². The molecule has 0 amide bonds. The maximum absolute atomic E-state index is 11.0. The predicted octanol–water partition coefficient (Wildman–Crippen LogP) is 2.85. The average Bonchev–Trinajstić information content (AvgIpc) is 2.31. The molecule has 0 saturated heterocycles. The van der Waals surface area contributed by atoms with Gasteiger partial charge in [-0.2, -0.15) is 0 Å². The van der Waals surface area contributed by atoms with Crippen molar-refractivity contribution in [3.8, 4) is 0 Å². The number of hydrogen-bond acceptors (Lipinski definition) is 3. The molecule has 0 spiro atoms. The normalized spacial score (nSPS) is 10.8. The molecule has 0 bridgehead atoms. The molecule has 0 aliphatic carbocycles. The van der Waals surface area contributed by atoms with Gasteiger partial charge in [-0.1, -0.05) is 13.8 Å². The molecule has 3 heteroatoms. The van der Waals surface area contributed by atoms with E-state index < -0.39 is 0 Å². The van der Waals surface area contributed by atoms with Crippen molar-refractivity contribution in [2.75, 3.05) is 0 Å². The third-order valence-electron chi connectivity index (χ3n) is 1.80. The Morgan fingerprint density at radius 2 is 2.15 bits per heavy atom. The minimum atomic E-state index is 0.0723. The van der Waals surface area contributed by atoms with Crippen LogP contribution < -0.4 is 0 Å². The van der Waals surface area contributed by atoms with Crippen molar-refractivity contribution in [2.24, 2.45) is 5.92 Å². The molecule has 0 radical (unpaired) electrons. The van der Waals surface area contributed by atoms with Gasteiger partial charge in [0.1, 0.15) is 0 Å². The molecule has 1 heterocycles. The fraction of sp³-hybridized carbons (Fsp3) is 0.600. The highest BCUT2D eigenvalue weighted by Crippen LogP contribution is 2.20. The molecule has 0 aliphatic heterocycles. The zero-order valence-corrected chi connectivity index (χ0v) is 9.36. The lowest BCUT2D eigenvalue weighted by Gasteiger charge is -2.00. The first-order valence-electron chi connectivity index (χ1n) is 4.48. The second-order valence-electron chi connectivity index (χ2n) is 3.68. The second kappa shape index (κ2) is 4.01. The third-order valence-corrected chi connectivity index (χ3v) is 2.91. The fourth-order valence-electron chi connectivity index (χ4n) is 1.15. The van der Waals surface area contributed by atoms with Gasteiger partial charge in [0.05, 0.1) is 5.69 Å². The van der Waals surface area contributed by atoms with E-state index in [1.165, 1.54) is 16.2 Å². The molecule has 0 fully saturated rings. The van der Waals surface area contributed by atoms with Gasteiger partial charge in [0.2, 0.25) is 0 Å². The molecular weight excluding hydrogens is 182 g/mol. The van der Waals surface area contributed by atoms with Crippen molar-refractivity contribution in [1.82, 2.24) is 4.98 Å². The van der Waals surface area contributed by atoms with E-state index >= 15 is 0 Å². The highest BCUT2D eigenvalue weighted by atomic mass is 32.1. The first-order chi connectivity index (χ1) is 6.00. The van der Waals surface area contributed by atoms with Crippen LogP contribution in [-0.2, 0) is 6.42 Å². The van der Waals surface area contributed by atoms with E-state index in [0.717, 1.165) is 12.1 Å². The van der Waals surface area contributed by atoms with Gasteiger partial charge >= 0.3 is 0 Å². The number of nitrogens with zero attached hydrogens (tertiary/aromatic N) is 1. The summed E-state index contributed by atoms with van der Waals surface area (Å²) in [6, 6.07) is 0. The molecule has 1 rings (SSSR count). The smallest absolute Gasteiger partial charge is 0.188 e. The summed E-state index contributed by atoms with van der Waals surface area (Å²) in [5.41, 5.74) is 1.09. The summed E-state index contributed by atoms with van der Waals surface area (Å²) in [4.78, 5) is 16.5. The van der Waals surface area contributed by atoms with E-state index in [4.69, 9.17) is 0 Å². The molecule has 2 nitrogen and oxygen atoms in total. The molecule has 0 unspecified atom stereocenters. The number of carbonyl (C=O) groups excluding carboxylic acids is 1. The first-order valence-corrected chi connectivity index (χ1v) is 5.29. The van der Waals surface area contributed by atoms with Crippen LogP contribution in [0, 0.1) is 12.8 Å². The molecule has 0 atom stereocenters. The minimum absolute atomic E-state index is 0.0723. The topological polar surface area (TPSA) is 30.0 Å². The summed E-state index contributed by atoms with van der Waals surface area (Å²) in [7, 11) is 0. The average molecular weight is 197 g/mol. The zero-order valence-electron chi connectivity index (χ0n) is 8.55. The molecular formula is C10H15NOS. The van der Waals surface area contributed by atoms with Crippen LogP contribution in [0.4, 0.5) is 0 Å². The van der Waals surface area contributed by atoms with Crippen LogP contribution in [0.15, 0.2) is 0 Å². The maximum atomic E-state index is 11.0. The number of hydrogen-bond donors (Lipinski definition) is 0. The number of aromatic nitrogens is 1. The standard InChI is InChI=1S/C10H15NOS/c1-6(2)5-9-8(4)13-10(11-9)7(3)12/h6H,5H2,1-4H3. The van der Waals surface area contributed by atoms with E-state index in [-0.39, 0.29) is 5.78 Å². The Labute approximate surface area is 83.0 Å². The Kier molecular flexibility index (Phi) is 3.20. The van der Waals surface area contributed by atoms with Gasteiger partial charge in [-0.3, -0.25) is 4.79 Å². The quantitative estimate of drug-likeness (QED) is 0.697. The van der Waals surface area contributed by atoms with E-state index in [1.54, 1.807) is 6.92 Å². The lowest BCUT2D eigenvalue weighted by Crippen LogP contribution is -1.97. The van der Waals surface area contributed by atoms with E-state index in [0.29, 0.717) is 10.9 Å². The van der Waals surface area contributed by atoms with Crippen molar-refractivity contribution < 1.29 is 4.79 Å². The summed E-state index contributed by atoms with van der Waals surface area (Å²) in [5, 5.41) is 0.646. The summed E-state index contributed by atoms with van der Waals surface area (Å²) >= 11 is 1.50. The largest absolute Gasteiger partial charge is 0.292 e. The van der Waals surface area contributed by atoms with Crippen molar-refractivity contribution in [3.63, 3.8) is 0 Å². The molecule has 0 saturated carbocycles. The van der Waals surface area contributed by atoms with Crippen LogP contribution in [0.1, 0.15) is 41.1 Å². The van der Waals surface area contributed by atoms with Gasteiger partial charge in [0, 0.05) is 11.8 Å². The predicted molar refractivity (Wildman–Crippen MR) is 55.4 cm³/mol. The van der Waals surface area contributed by atoms with E-state index in [9.17, 15) is 4.79 Å². The van der Waals surface area contributed by atoms with Crippen molar-refractivity contribution in [3.05, 3.63) is 15.6 Å². The Bertz CT molecular complexity index is 315. The van der Waals surface area contributed by atoms with Crippen molar-refractivity contribution in [2.45, 2.75) is 34.1 Å². The van der Waals surface area contributed by atoms with Gasteiger partial charge in [0.25, 0.3) is 0 Å². The Hall–Kier alpha value is -0.700. The van der Waals surface area contributed by atoms with Gasteiger partial charge in [-0.15, -0.1) is 11.3 Å². The Morgan fingerprint density at radius 1 is 1.54 bits per heavy atom. The molecule has 0 aliphatic rings. The lowest BCUT2D eigenvalue weighted by molar-refractivity contribution is 0.101. The SMILES string of the molecule is CC(=O)c1nc(CC(C)C)c(C)s1. The monoisotopic (exact) mass is 197 g/mol. The molecule has 1 aromatic heterocycles. The number of carbonyl (C=O) groups is 1. The number of rotatable bonds is 3. The van der Waals surface area contributed by atoms with Gasteiger partial charge < -0.3 is 0 Å². The van der Waals surface area contributed by atoms with Crippen LogP contribution in [0.3, 0.4) is 0 Å². The van der Waals surface area contributed by atoms with Crippen LogP contribution in [0.25, 0.3) is 0 Å². The third kappa shape index (κ3) is 2.62. The number of ketones is 1. The van der Waals surface area contributed by atoms with Crippen LogP contribution in [0.5, 0.6) is 0 Å². The molecule has 13 heavy (non-hydrogen) atoms. The number of aryl methyl sites for hydroxylation is 1. The van der Waals surface area contributed by atoms with Gasteiger partial charge in [-0.05, 0) is 19.3 Å². The second-order valence-corrected chi connectivity index (χ2v) is 4.88. The lowest BCUT2D eigenvalue weighted by atomic mass is 10.1. The van der Waals surface area contributed by atoms with Gasteiger partial charge in [0.15, 0.2) is 10.8 Å². The van der Waals surface area contributed by atoms with Crippen LogP contribution in [-0.4, -0.2) is 10.8 Å². The minimum Gasteiger partial charge on any atom is -0.292 e. The van der Waals surface area contributed by atoms with Gasteiger partial charge in [-0.25, -0.2) is 4.98 Å². The maximum Gasteiger partial charge on any atom is 0.188 e. The fourth-order valence-corrected chi connectivity index (χ4v) is 1.99. The van der Waals surface area contributed by atoms with Crippen LogP contribution in [0.2, 0.25) is 0 Å². The van der Waals surface area contributed by atoms with Crippen molar-refractivity contribution >= 4 is 17.1 Å². The first kappa shape index (κ1) is 10.4. The highest BCUT2D eigenvalue weighted by molar-refractivity contribution is 7.13. The molecule has 1 aromatic rings. The molecule has 0 N–H and O–H groups in total. The summed E-state index contributed by atoms with van der Waals surface area (Å²) < 4.78 is 0. The summed E-state index contributed by atoms with van der Waals surface area (Å²) in [5.74, 6) is 0.670. The highest BCUT2D eigenvalue weighted by Gasteiger charge is 2.11. The number of thiazole rings is 1. The Morgan fingerprint density at radius 3 is 2.54 bits per heavy atom. The molecule has 72 valence electrons. The molecule has 0 aromatic carbocycles. The van der Waals surface area contributed by atoms with E-state index in [1.807, 2.05) is 6.92 Å².